The molecule has 8 aromatic rings. The van der Waals surface area contributed by atoms with E-state index in [0.717, 1.165) is 33.6 Å². The maximum Gasteiger partial charge on any atom is 0.213 e. The SMILES string of the molecule is c1ccc(-n2c3ccccc3c3cc(-n4c5ccccc5c5c6ccccc6oc54)ccc32)cc1. The first-order chi connectivity index (χ1) is 17.4. The smallest absolute Gasteiger partial charge is 0.213 e. The lowest BCUT2D eigenvalue weighted by molar-refractivity contribution is 0.645. The third kappa shape index (κ3) is 2.50. The Morgan fingerprint density at radius 1 is 0.429 bits per heavy atom. The quantitative estimate of drug-likeness (QED) is 0.259. The van der Waals surface area contributed by atoms with E-state index < -0.39 is 0 Å². The van der Waals surface area contributed by atoms with Gasteiger partial charge >= 0.3 is 0 Å². The molecule has 0 aliphatic heterocycles. The standard InChI is InChI=1S/C32H20N2O/c1-2-10-21(11-3-1)33-27-15-7-4-12-23(27)26-20-22(18-19-29(26)33)34-28-16-8-5-13-24(28)31-25-14-6-9-17-30(25)35-32(31)34/h1-20H. The summed E-state index contributed by atoms with van der Waals surface area (Å²) in [6, 6.07) is 42.8. The van der Waals surface area contributed by atoms with Gasteiger partial charge in [0.25, 0.3) is 0 Å². The topological polar surface area (TPSA) is 23.0 Å². The van der Waals surface area contributed by atoms with Crippen molar-refractivity contribution in [2.75, 3.05) is 0 Å². The predicted octanol–water partition coefficient (Wildman–Crippen LogP) is 8.63. The molecule has 0 atom stereocenters. The van der Waals surface area contributed by atoms with Crippen LogP contribution in [0.2, 0.25) is 0 Å². The molecule has 8 rings (SSSR count). The lowest BCUT2D eigenvalue weighted by Gasteiger charge is -2.09. The van der Waals surface area contributed by atoms with Crippen LogP contribution in [0.25, 0.3) is 66.2 Å². The van der Waals surface area contributed by atoms with Gasteiger partial charge in [0.2, 0.25) is 5.71 Å². The Morgan fingerprint density at radius 2 is 1.06 bits per heavy atom. The van der Waals surface area contributed by atoms with E-state index in [-0.39, 0.29) is 0 Å². The molecule has 5 aromatic carbocycles. The minimum Gasteiger partial charge on any atom is -0.439 e. The Kier molecular flexibility index (Phi) is 3.66. The zero-order chi connectivity index (χ0) is 22.9. The predicted molar refractivity (Wildman–Crippen MR) is 145 cm³/mol. The monoisotopic (exact) mass is 448 g/mol. The molecule has 0 bridgehead atoms. The van der Waals surface area contributed by atoms with Gasteiger partial charge in [0.05, 0.1) is 21.9 Å². The molecule has 35 heavy (non-hydrogen) atoms. The van der Waals surface area contributed by atoms with Gasteiger partial charge in [-0.2, -0.15) is 0 Å². The van der Waals surface area contributed by atoms with Gasteiger partial charge in [0.15, 0.2) is 0 Å². The first-order valence-electron chi connectivity index (χ1n) is 11.9. The summed E-state index contributed by atoms with van der Waals surface area (Å²) >= 11 is 0. The molecular weight excluding hydrogens is 428 g/mol. The highest BCUT2D eigenvalue weighted by atomic mass is 16.3. The molecule has 0 fully saturated rings. The summed E-state index contributed by atoms with van der Waals surface area (Å²) in [5.41, 5.74) is 7.61. The Labute approximate surface area is 201 Å². The van der Waals surface area contributed by atoms with Crippen LogP contribution in [0, 0.1) is 0 Å². The van der Waals surface area contributed by atoms with Crippen molar-refractivity contribution < 1.29 is 4.42 Å². The van der Waals surface area contributed by atoms with Gasteiger partial charge in [-0.1, -0.05) is 72.8 Å². The molecule has 0 saturated carbocycles. The van der Waals surface area contributed by atoms with Crippen LogP contribution < -0.4 is 0 Å². The zero-order valence-corrected chi connectivity index (χ0v) is 18.8. The van der Waals surface area contributed by atoms with Crippen molar-refractivity contribution in [3.05, 3.63) is 121 Å². The number of rotatable bonds is 2. The van der Waals surface area contributed by atoms with Crippen LogP contribution in [0.3, 0.4) is 0 Å². The molecule has 0 radical (unpaired) electrons. The molecule has 3 nitrogen and oxygen atoms in total. The summed E-state index contributed by atoms with van der Waals surface area (Å²) in [7, 11) is 0. The van der Waals surface area contributed by atoms with Crippen molar-refractivity contribution in [1.29, 1.82) is 0 Å². The maximum atomic E-state index is 6.45. The third-order valence-corrected chi connectivity index (χ3v) is 7.12. The lowest BCUT2D eigenvalue weighted by atomic mass is 10.1. The molecule has 0 spiro atoms. The average molecular weight is 449 g/mol. The van der Waals surface area contributed by atoms with Crippen LogP contribution in [0.15, 0.2) is 126 Å². The van der Waals surface area contributed by atoms with Crippen molar-refractivity contribution in [3.63, 3.8) is 0 Å². The fourth-order valence-corrected chi connectivity index (χ4v) is 5.65. The number of fused-ring (bicyclic) bond motifs is 8. The fraction of sp³-hybridized carbons (Fsp3) is 0. The molecule has 0 saturated heterocycles. The molecule has 0 amide bonds. The lowest BCUT2D eigenvalue weighted by Crippen LogP contribution is -1.95. The highest BCUT2D eigenvalue weighted by Gasteiger charge is 2.20. The first-order valence-corrected chi connectivity index (χ1v) is 11.9. The summed E-state index contributed by atoms with van der Waals surface area (Å²) in [6.45, 7) is 0. The number of benzene rings is 5. The van der Waals surface area contributed by atoms with Gasteiger partial charge in [-0.3, -0.25) is 4.57 Å². The normalized spacial score (nSPS) is 12.0. The molecule has 0 aliphatic rings. The van der Waals surface area contributed by atoms with Crippen LogP contribution in [-0.2, 0) is 0 Å². The number of para-hydroxylation sites is 4. The summed E-state index contributed by atoms with van der Waals surface area (Å²) in [4.78, 5) is 0. The van der Waals surface area contributed by atoms with Gasteiger partial charge in [-0.25, -0.2) is 0 Å². The van der Waals surface area contributed by atoms with E-state index in [1.807, 2.05) is 12.1 Å². The van der Waals surface area contributed by atoms with E-state index in [0.29, 0.717) is 0 Å². The number of nitrogens with zero attached hydrogens (tertiary/aromatic N) is 2. The number of furan rings is 1. The summed E-state index contributed by atoms with van der Waals surface area (Å²) in [5, 5.41) is 6.00. The van der Waals surface area contributed by atoms with Crippen LogP contribution >= 0.6 is 0 Å². The van der Waals surface area contributed by atoms with Crippen LogP contribution in [0.1, 0.15) is 0 Å². The number of aromatic nitrogens is 2. The first kappa shape index (κ1) is 18.6. The number of hydrogen-bond acceptors (Lipinski definition) is 1. The van der Waals surface area contributed by atoms with E-state index in [1.165, 1.54) is 32.6 Å². The van der Waals surface area contributed by atoms with E-state index in [4.69, 9.17) is 4.42 Å². The van der Waals surface area contributed by atoms with Crippen molar-refractivity contribution in [2.24, 2.45) is 0 Å². The Hall–Kier alpha value is -4.76. The van der Waals surface area contributed by atoms with Gasteiger partial charge in [0, 0.05) is 32.9 Å². The highest BCUT2D eigenvalue weighted by molar-refractivity contribution is 6.20. The molecule has 3 heterocycles. The van der Waals surface area contributed by atoms with Crippen molar-refractivity contribution >= 4 is 54.8 Å². The van der Waals surface area contributed by atoms with Crippen molar-refractivity contribution in [2.45, 2.75) is 0 Å². The molecule has 3 aromatic heterocycles. The molecule has 0 aliphatic carbocycles. The van der Waals surface area contributed by atoms with Crippen LogP contribution in [-0.4, -0.2) is 9.13 Å². The molecule has 3 heteroatoms. The summed E-state index contributed by atoms with van der Waals surface area (Å²) < 4.78 is 11.1. The summed E-state index contributed by atoms with van der Waals surface area (Å²) in [6.07, 6.45) is 0. The minimum atomic E-state index is 0.888. The summed E-state index contributed by atoms with van der Waals surface area (Å²) in [5.74, 6) is 0. The average Bonchev–Trinajstić information content (AvgIpc) is 3.55. The maximum absolute atomic E-state index is 6.45. The van der Waals surface area contributed by atoms with Crippen molar-refractivity contribution in [1.82, 2.24) is 9.13 Å². The highest BCUT2D eigenvalue weighted by Crippen LogP contribution is 2.40. The van der Waals surface area contributed by atoms with Crippen LogP contribution in [0.4, 0.5) is 0 Å². The van der Waals surface area contributed by atoms with E-state index in [2.05, 4.69) is 118 Å². The van der Waals surface area contributed by atoms with Crippen LogP contribution in [0.5, 0.6) is 0 Å². The molecule has 0 unspecified atom stereocenters. The minimum absolute atomic E-state index is 0.888. The zero-order valence-electron chi connectivity index (χ0n) is 18.8. The Balaban J connectivity index is 1.49. The largest absolute Gasteiger partial charge is 0.439 e. The fourth-order valence-electron chi connectivity index (χ4n) is 5.65. The van der Waals surface area contributed by atoms with Gasteiger partial charge in [0.1, 0.15) is 5.58 Å². The van der Waals surface area contributed by atoms with Gasteiger partial charge in [-0.15, -0.1) is 0 Å². The Bertz CT molecular complexity index is 2050. The second-order valence-corrected chi connectivity index (χ2v) is 9.02. The molecule has 164 valence electrons. The third-order valence-electron chi connectivity index (χ3n) is 7.12. The van der Waals surface area contributed by atoms with Gasteiger partial charge in [-0.05, 0) is 48.5 Å². The number of hydrogen-bond donors (Lipinski definition) is 0. The Morgan fingerprint density at radius 3 is 1.89 bits per heavy atom. The second-order valence-electron chi connectivity index (χ2n) is 9.02. The second kappa shape index (κ2) is 6.87. The van der Waals surface area contributed by atoms with Crippen molar-refractivity contribution in [3.8, 4) is 11.4 Å². The van der Waals surface area contributed by atoms with E-state index >= 15 is 0 Å². The molecular formula is C32H20N2O. The van der Waals surface area contributed by atoms with E-state index in [1.54, 1.807) is 0 Å². The van der Waals surface area contributed by atoms with E-state index in [9.17, 15) is 0 Å². The van der Waals surface area contributed by atoms with Gasteiger partial charge < -0.3 is 8.98 Å². The molecule has 0 N–H and O–H groups in total.